The molecule has 0 spiro atoms. The SMILES string of the molecule is CCOc1ccc(Cl)cc1C(C)NC(=O)N(C)S(=O)(=O)c1ccccc1. The zero-order chi connectivity index (χ0) is 19.3. The number of nitrogens with zero attached hydrogens (tertiary/aromatic N) is 1. The summed E-state index contributed by atoms with van der Waals surface area (Å²) in [5.41, 5.74) is 0.665. The van der Waals surface area contributed by atoms with Crippen LogP contribution in [0.5, 0.6) is 5.75 Å². The van der Waals surface area contributed by atoms with Gasteiger partial charge < -0.3 is 10.1 Å². The second-order valence-electron chi connectivity index (χ2n) is 5.57. The van der Waals surface area contributed by atoms with Crippen LogP contribution in [0, 0.1) is 0 Å². The number of halogens is 1. The smallest absolute Gasteiger partial charge is 0.331 e. The molecule has 0 saturated heterocycles. The van der Waals surface area contributed by atoms with E-state index in [1.165, 1.54) is 19.2 Å². The van der Waals surface area contributed by atoms with E-state index >= 15 is 0 Å². The van der Waals surface area contributed by atoms with E-state index in [0.29, 0.717) is 27.2 Å². The highest BCUT2D eigenvalue weighted by atomic mass is 35.5. The summed E-state index contributed by atoms with van der Waals surface area (Å²) in [6.45, 7) is 4.04. The molecule has 8 heteroatoms. The number of carbonyl (C=O) groups is 1. The summed E-state index contributed by atoms with van der Waals surface area (Å²) < 4.78 is 31.3. The maximum absolute atomic E-state index is 12.5. The van der Waals surface area contributed by atoms with E-state index in [-0.39, 0.29) is 4.90 Å². The van der Waals surface area contributed by atoms with Gasteiger partial charge in [-0.2, -0.15) is 0 Å². The minimum Gasteiger partial charge on any atom is -0.494 e. The Hall–Kier alpha value is -2.25. The van der Waals surface area contributed by atoms with Gasteiger partial charge >= 0.3 is 6.03 Å². The molecule has 0 radical (unpaired) electrons. The lowest BCUT2D eigenvalue weighted by Gasteiger charge is -2.23. The predicted molar refractivity (Wildman–Crippen MR) is 101 cm³/mol. The highest BCUT2D eigenvalue weighted by Gasteiger charge is 2.27. The average molecular weight is 397 g/mol. The van der Waals surface area contributed by atoms with E-state index < -0.39 is 22.1 Å². The molecule has 0 aliphatic heterocycles. The molecule has 1 unspecified atom stereocenters. The van der Waals surface area contributed by atoms with Crippen LogP contribution in [-0.2, 0) is 10.0 Å². The molecule has 26 heavy (non-hydrogen) atoms. The molecule has 2 aromatic rings. The summed E-state index contributed by atoms with van der Waals surface area (Å²) in [6, 6.07) is 11.6. The number of urea groups is 1. The van der Waals surface area contributed by atoms with Crippen LogP contribution in [0.15, 0.2) is 53.4 Å². The number of benzene rings is 2. The average Bonchev–Trinajstić information content (AvgIpc) is 2.63. The molecule has 0 bridgehead atoms. The van der Waals surface area contributed by atoms with Gasteiger partial charge in [0.2, 0.25) is 0 Å². The second kappa shape index (κ2) is 8.42. The quantitative estimate of drug-likeness (QED) is 0.805. The van der Waals surface area contributed by atoms with E-state index in [2.05, 4.69) is 5.32 Å². The lowest BCUT2D eigenvalue weighted by atomic mass is 10.1. The van der Waals surface area contributed by atoms with Gasteiger partial charge in [-0.25, -0.2) is 17.5 Å². The van der Waals surface area contributed by atoms with Gasteiger partial charge in [0.15, 0.2) is 0 Å². The van der Waals surface area contributed by atoms with Gasteiger partial charge in [0.25, 0.3) is 10.0 Å². The largest absolute Gasteiger partial charge is 0.494 e. The number of carbonyl (C=O) groups excluding carboxylic acids is 1. The van der Waals surface area contributed by atoms with E-state index in [9.17, 15) is 13.2 Å². The first kappa shape index (κ1) is 20.1. The highest BCUT2D eigenvalue weighted by Crippen LogP contribution is 2.28. The van der Waals surface area contributed by atoms with Gasteiger partial charge in [-0.1, -0.05) is 29.8 Å². The summed E-state index contributed by atoms with van der Waals surface area (Å²) in [6.07, 6.45) is 0. The molecule has 0 heterocycles. The van der Waals surface area contributed by atoms with Crippen molar-refractivity contribution >= 4 is 27.7 Å². The van der Waals surface area contributed by atoms with Crippen LogP contribution < -0.4 is 10.1 Å². The highest BCUT2D eigenvalue weighted by molar-refractivity contribution is 7.89. The van der Waals surface area contributed by atoms with E-state index in [4.69, 9.17) is 16.3 Å². The van der Waals surface area contributed by atoms with Crippen LogP contribution in [0.2, 0.25) is 5.02 Å². The van der Waals surface area contributed by atoms with Crippen molar-refractivity contribution in [2.75, 3.05) is 13.7 Å². The van der Waals surface area contributed by atoms with Crippen molar-refractivity contribution in [3.05, 3.63) is 59.1 Å². The predicted octanol–water partition coefficient (Wildman–Crippen LogP) is 3.83. The van der Waals surface area contributed by atoms with Crippen LogP contribution in [0.1, 0.15) is 25.5 Å². The van der Waals surface area contributed by atoms with Crippen LogP contribution >= 0.6 is 11.6 Å². The molecule has 0 aromatic heterocycles. The number of hydrogen-bond donors (Lipinski definition) is 1. The maximum Gasteiger partial charge on any atom is 0.331 e. The van der Waals surface area contributed by atoms with Crippen molar-refractivity contribution in [3.63, 3.8) is 0 Å². The van der Waals surface area contributed by atoms with Gasteiger partial charge in [0.1, 0.15) is 5.75 Å². The molecular weight excluding hydrogens is 376 g/mol. The molecule has 6 nitrogen and oxygen atoms in total. The van der Waals surface area contributed by atoms with Crippen molar-refractivity contribution in [2.24, 2.45) is 0 Å². The summed E-state index contributed by atoms with van der Waals surface area (Å²) in [5, 5.41) is 3.16. The minimum absolute atomic E-state index is 0.0445. The monoisotopic (exact) mass is 396 g/mol. The Labute approximate surface area is 158 Å². The van der Waals surface area contributed by atoms with Crippen molar-refractivity contribution in [1.82, 2.24) is 9.62 Å². The number of nitrogens with one attached hydrogen (secondary N) is 1. The summed E-state index contributed by atoms with van der Waals surface area (Å²) >= 11 is 6.04. The van der Waals surface area contributed by atoms with Crippen LogP contribution in [-0.4, -0.2) is 32.4 Å². The summed E-state index contributed by atoms with van der Waals surface area (Å²) in [5.74, 6) is 0.582. The number of amides is 2. The Balaban J connectivity index is 2.20. The van der Waals surface area contributed by atoms with Gasteiger partial charge in [0, 0.05) is 17.6 Å². The molecule has 1 atom stereocenters. The standard InChI is InChI=1S/C18H21ClN2O4S/c1-4-25-17-11-10-14(19)12-16(17)13(2)20-18(22)21(3)26(23,24)15-8-6-5-7-9-15/h5-13H,4H2,1-3H3,(H,20,22). The fourth-order valence-electron chi connectivity index (χ4n) is 2.36. The topological polar surface area (TPSA) is 75.7 Å². The van der Waals surface area contributed by atoms with Crippen molar-refractivity contribution in [2.45, 2.75) is 24.8 Å². The second-order valence-corrected chi connectivity index (χ2v) is 7.98. The van der Waals surface area contributed by atoms with Crippen LogP contribution in [0.4, 0.5) is 4.79 Å². The van der Waals surface area contributed by atoms with Crippen molar-refractivity contribution in [3.8, 4) is 5.75 Å². The Morgan fingerprint density at radius 1 is 1.23 bits per heavy atom. The molecule has 0 fully saturated rings. The molecule has 140 valence electrons. The third-order valence-electron chi connectivity index (χ3n) is 3.77. The zero-order valence-corrected chi connectivity index (χ0v) is 16.3. The van der Waals surface area contributed by atoms with Crippen LogP contribution in [0.3, 0.4) is 0 Å². The van der Waals surface area contributed by atoms with E-state index in [1.807, 2.05) is 6.92 Å². The number of ether oxygens (including phenoxy) is 1. The molecule has 1 N–H and O–H groups in total. The lowest BCUT2D eigenvalue weighted by Crippen LogP contribution is -2.42. The van der Waals surface area contributed by atoms with Gasteiger partial charge in [-0.05, 0) is 44.2 Å². The number of sulfonamides is 1. The normalized spacial score (nSPS) is 12.3. The number of rotatable bonds is 6. The maximum atomic E-state index is 12.5. The van der Waals surface area contributed by atoms with Crippen molar-refractivity contribution in [1.29, 1.82) is 0 Å². The Morgan fingerprint density at radius 2 is 1.88 bits per heavy atom. The first-order chi connectivity index (χ1) is 12.3. The first-order valence-electron chi connectivity index (χ1n) is 8.04. The molecule has 0 saturated carbocycles. The third-order valence-corrected chi connectivity index (χ3v) is 5.76. The van der Waals surface area contributed by atoms with Gasteiger partial charge in [0.05, 0.1) is 17.5 Å². The molecule has 0 aliphatic carbocycles. The van der Waals surface area contributed by atoms with Crippen LogP contribution in [0.25, 0.3) is 0 Å². The van der Waals surface area contributed by atoms with E-state index in [0.717, 1.165) is 0 Å². The Kier molecular flexibility index (Phi) is 6.50. The first-order valence-corrected chi connectivity index (χ1v) is 9.86. The van der Waals surface area contributed by atoms with Gasteiger partial charge in [-0.15, -0.1) is 0 Å². The zero-order valence-electron chi connectivity index (χ0n) is 14.8. The minimum atomic E-state index is -3.93. The van der Waals surface area contributed by atoms with E-state index in [1.54, 1.807) is 43.3 Å². The molecule has 0 aliphatic rings. The third kappa shape index (κ3) is 4.47. The lowest BCUT2D eigenvalue weighted by molar-refractivity contribution is 0.224. The molecular formula is C18H21ClN2O4S. The molecule has 2 amide bonds. The van der Waals surface area contributed by atoms with Crippen molar-refractivity contribution < 1.29 is 17.9 Å². The summed E-state index contributed by atoms with van der Waals surface area (Å²) in [4.78, 5) is 12.5. The Bertz CT molecular complexity index is 872. The Morgan fingerprint density at radius 3 is 2.50 bits per heavy atom. The fraction of sp³-hybridized carbons (Fsp3) is 0.278. The fourth-order valence-corrected chi connectivity index (χ4v) is 3.63. The summed E-state index contributed by atoms with van der Waals surface area (Å²) in [7, 11) is -2.72. The van der Waals surface area contributed by atoms with Gasteiger partial charge in [-0.3, -0.25) is 0 Å². The molecule has 2 aromatic carbocycles. The number of hydrogen-bond acceptors (Lipinski definition) is 4. The molecule has 2 rings (SSSR count).